The molecule has 0 amide bonds. The highest BCUT2D eigenvalue weighted by Gasteiger charge is 2.03. The molecule has 1 aromatic heterocycles. The number of rotatable bonds is 16. The van der Waals surface area contributed by atoms with E-state index in [-0.39, 0.29) is 5.63 Å². The molecule has 0 aliphatic heterocycles. The molecule has 2 nitrogen and oxygen atoms in total. The Balaban J connectivity index is 1.43. The van der Waals surface area contributed by atoms with Crippen LogP contribution in [0.5, 0.6) is 0 Å². The Morgan fingerprint density at radius 3 is 1.75 bits per heavy atom. The van der Waals surface area contributed by atoms with E-state index in [9.17, 15) is 4.79 Å². The van der Waals surface area contributed by atoms with Gasteiger partial charge in [0.05, 0.1) is 5.39 Å². The molecule has 156 valence electrons. The lowest BCUT2D eigenvalue weighted by atomic mass is 10.0. The highest BCUT2D eigenvalue weighted by Crippen LogP contribution is 2.16. The minimum absolute atomic E-state index is 0.200. The van der Waals surface area contributed by atoms with Gasteiger partial charge in [0, 0.05) is 6.42 Å². The second kappa shape index (κ2) is 14.4. The standard InChI is InChI=1S/C26H40O2/c1-2-3-4-5-6-7-8-9-10-11-12-13-14-15-16-20-24-22-23-19-17-18-21-25(23)26(27)28-24/h17-19,21-22H,2-16,20H2,1H3. The molecule has 2 heteroatoms. The van der Waals surface area contributed by atoms with Crippen molar-refractivity contribution in [3.63, 3.8) is 0 Å². The zero-order chi connectivity index (χ0) is 19.9. The largest absolute Gasteiger partial charge is 0.427 e. The van der Waals surface area contributed by atoms with Crippen LogP contribution in [0.1, 0.15) is 109 Å². The third-order valence-electron chi connectivity index (χ3n) is 5.75. The molecular weight excluding hydrogens is 344 g/mol. The SMILES string of the molecule is CCCCCCCCCCCCCCCCCc1cc2ccccc2c(=O)o1. The molecule has 1 heterocycles. The van der Waals surface area contributed by atoms with Gasteiger partial charge in [-0.3, -0.25) is 0 Å². The average Bonchev–Trinajstić information content (AvgIpc) is 2.71. The van der Waals surface area contributed by atoms with Crippen LogP contribution in [0.15, 0.2) is 39.5 Å². The minimum Gasteiger partial charge on any atom is -0.427 e. The molecule has 0 saturated carbocycles. The molecule has 0 unspecified atom stereocenters. The summed E-state index contributed by atoms with van der Waals surface area (Å²) < 4.78 is 5.45. The van der Waals surface area contributed by atoms with Gasteiger partial charge in [0.25, 0.3) is 0 Å². The monoisotopic (exact) mass is 384 g/mol. The number of aryl methyl sites for hydroxylation is 1. The lowest BCUT2D eigenvalue weighted by Crippen LogP contribution is -2.02. The Morgan fingerprint density at radius 2 is 1.18 bits per heavy atom. The Kier molecular flexibility index (Phi) is 11.7. The summed E-state index contributed by atoms with van der Waals surface area (Å²) in [5.41, 5.74) is -0.200. The Morgan fingerprint density at radius 1 is 0.679 bits per heavy atom. The molecule has 0 aliphatic rings. The summed E-state index contributed by atoms with van der Waals surface area (Å²) in [6, 6.07) is 9.70. The number of hydrogen-bond acceptors (Lipinski definition) is 2. The summed E-state index contributed by atoms with van der Waals surface area (Å²) >= 11 is 0. The molecule has 28 heavy (non-hydrogen) atoms. The summed E-state index contributed by atoms with van der Waals surface area (Å²) in [7, 11) is 0. The summed E-state index contributed by atoms with van der Waals surface area (Å²) in [5, 5.41) is 1.68. The second-order valence-corrected chi connectivity index (χ2v) is 8.29. The second-order valence-electron chi connectivity index (χ2n) is 8.29. The lowest BCUT2D eigenvalue weighted by molar-refractivity contribution is 0.454. The first-order valence-electron chi connectivity index (χ1n) is 11.8. The molecule has 1 aromatic carbocycles. The third-order valence-corrected chi connectivity index (χ3v) is 5.75. The van der Waals surface area contributed by atoms with Gasteiger partial charge in [0.2, 0.25) is 0 Å². The van der Waals surface area contributed by atoms with Crippen LogP contribution in [0, 0.1) is 0 Å². The normalized spacial score (nSPS) is 11.3. The van der Waals surface area contributed by atoms with Gasteiger partial charge in [-0.2, -0.15) is 0 Å². The number of benzene rings is 1. The molecule has 0 bridgehead atoms. The number of fused-ring (bicyclic) bond motifs is 1. The zero-order valence-electron chi connectivity index (χ0n) is 18.0. The van der Waals surface area contributed by atoms with E-state index in [0.29, 0.717) is 5.39 Å². The summed E-state index contributed by atoms with van der Waals surface area (Å²) in [6.07, 6.45) is 21.4. The molecule has 0 saturated heterocycles. The van der Waals surface area contributed by atoms with E-state index in [0.717, 1.165) is 24.0 Å². The first-order chi connectivity index (χ1) is 13.8. The molecule has 0 N–H and O–H groups in total. The van der Waals surface area contributed by atoms with Gasteiger partial charge >= 0.3 is 5.63 Å². The van der Waals surface area contributed by atoms with Gasteiger partial charge in [0.15, 0.2) is 0 Å². The molecule has 0 aliphatic carbocycles. The van der Waals surface area contributed by atoms with Gasteiger partial charge in [-0.15, -0.1) is 0 Å². The third kappa shape index (κ3) is 9.08. The molecule has 0 atom stereocenters. The highest BCUT2D eigenvalue weighted by atomic mass is 16.4. The summed E-state index contributed by atoms with van der Waals surface area (Å²) in [4.78, 5) is 12.0. The van der Waals surface area contributed by atoms with Gasteiger partial charge in [-0.05, 0) is 23.9 Å². The molecule has 2 aromatic rings. The predicted octanol–water partition coefficient (Wildman–Crippen LogP) is 8.21. The van der Waals surface area contributed by atoms with Crippen molar-refractivity contribution in [1.82, 2.24) is 0 Å². The average molecular weight is 385 g/mol. The lowest BCUT2D eigenvalue weighted by Gasteiger charge is -2.04. The maximum absolute atomic E-state index is 12.0. The van der Waals surface area contributed by atoms with E-state index in [2.05, 4.69) is 6.92 Å². The van der Waals surface area contributed by atoms with E-state index in [1.165, 1.54) is 89.9 Å². The van der Waals surface area contributed by atoms with Crippen LogP contribution in [0.3, 0.4) is 0 Å². The van der Waals surface area contributed by atoms with E-state index < -0.39 is 0 Å². The van der Waals surface area contributed by atoms with Crippen LogP contribution in [0.2, 0.25) is 0 Å². The maximum atomic E-state index is 12.0. The first kappa shape index (κ1) is 22.7. The topological polar surface area (TPSA) is 30.2 Å². The Bertz CT molecular complexity index is 701. The van der Waals surface area contributed by atoms with Crippen LogP contribution >= 0.6 is 0 Å². The van der Waals surface area contributed by atoms with Gasteiger partial charge in [0.1, 0.15) is 5.76 Å². The zero-order valence-corrected chi connectivity index (χ0v) is 18.0. The van der Waals surface area contributed by atoms with Crippen molar-refractivity contribution >= 4 is 10.8 Å². The van der Waals surface area contributed by atoms with Crippen LogP contribution in [0.4, 0.5) is 0 Å². The van der Waals surface area contributed by atoms with Crippen LogP contribution < -0.4 is 5.63 Å². The fourth-order valence-electron chi connectivity index (χ4n) is 3.98. The molecule has 0 spiro atoms. The van der Waals surface area contributed by atoms with Crippen LogP contribution in [-0.4, -0.2) is 0 Å². The van der Waals surface area contributed by atoms with Crippen molar-refractivity contribution in [3.05, 3.63) is 46.5 Å². The summed E-state index contributed by atoms with van der Waals surface area (Å²) in [5.74, 6) is 0.832. The van der Waals surface area contributed by atoms with Crippen molar-refractivity contribution in [3.8, 4) is 0 Å². The first-order valence-corrected chi connectivity index (χ1v) is 11.8. The Labute approximate surface area is 171 Å². The fraction of sp³-hybridized carbons (Fsp3) is 0.654. The quantitative estimate of drug-likeness (QED) is 0.273. The van der Waals surface area contributed by atoms with Crippen molar-refractivity contribution in [2.75, 3.05) is 0 Å². The van der Waals surface area contributed by atoms with Crippen molar-refractivity contribution in [2.45, 2.75) is 110 Å². The maximum Gasteiger partial charge on any atom is 0.343 e. The smallest absolute Gasteiger partial charge is 0.343 e. The van der Waals surface area contributed by atoms with Gasteiger partial charge < -0.3 is 4.42 Å². The highest BCUT2D eigenvalue weighted by molar-refractivity contribution is 5.81. The van der Waals surface area contributed by atoms with Crippen molar-refractivity contribution < 1.29 is 4.42 Å². The van der Waals surface area contributed by atoms with E-state index >= 15 is 0 Å². The molecule has 0 radical (unpaired) electrons. The van der Waals surface area contributed by atoms with Crippen molar-refractivity contribution in [1.29, 1.82) is 0 Å². The van der Waals surface area contributed by atoms with Crippen molar-refractivity contribution in [2.24, 2.45) is 0 Å². The Hall–Kier alpha value is -1.57. The van der Waals surface area contributed by atoms with Crippen LogP contribution in [-0.2, 0) is 6.42 Å². The van der Waals surface area contributed by atoms with Gasteiger partial charge in [-0.1, -0.05) is 115 Å². The summed E-state index contributed by atoms with van der Waals surface area (Å²) in [6.45, 7) is 2.28. The fourth-order valence-corrected chi connectivity index (χ4v) is 3.98. The van der Waals surface area contributed by atoms with E-state index in [1.54, 1.807) is 0 Å². The predicted molar refractivity (Wildman–Crippen MR) is 121 cm³/mol. The number of unbranched alkanes of at least 4 members (excludes halogenated alkanes) is 14. The van der Waals surface area contributed by atoms with E-state index in [1.807, 2.05) is 30.3 Å². The molecule has 2 rings (SSSR count). The molecular formula is C26H40O2. The minimum atomic E-state index is -0.200. The number of hydrogen-bond donors (Lipinski definition) is 0. The van der Waals surface area contributed by atoms with Crippen LogP contribution in [0.25, 0.3) is 10.8 Å². The van der Waals surface area contributed by atoms with E-state index in [4.69, 9.17) is 4.42 Å². The van der Waals surface area contributed by atoms with Gasteiger partial charge in [-0.25, -0.2) is 4.79 Å². The molecule has 0 fully saturated rings.